The third-order valence-electron chi connectivity index (χ3n) is 4.59. The standard InChI is InChI=1S/C21H28N2O5/c1-27-20(25)11-7-2-3-8-14-23-18(12-13-19(23)24)16-28-21(26)22-15-17-9-5-4-6-10-17/h3-6,8-10,18H,2,7,11-16H2,1H3,(H,22,26)/t18-/m1/s1. The molecule has 0 unspecified atom stereocenters. The monoisotopic (exact) mass is 388 g/mol. The van der Waals surface area contributed by atoms with Crippen LogP contribution in [0.1, 0.15) is 37.7 Å². The van der Waals surface area contributed by atoms with E-state index in [0.29, 0.717) is 38.8 Å². The summed E-state index contributed by atoms with van der Waals surface area (Å²) in [7, 11) is 1.38. The lowest BCUT2D eigenvalue weighted by Gasteiger charge is -2.23. The zero-order valence-electron chi connectivity index (χ0n) is 16.3. The van der Waals surface area contributed by atoms with Crippen LogP contribution in [0.3, 0.4) is 0 Å². The molecule has 1 atom stereocenters. The van der Waals surface area contributed by atoms with Crippen molar-refractivity contribution in [3.05, 3.63) is 48.0 Å². The summed E-state index contributed by atoms with van der Waals surface area (Å²) in [6.07, 6.45) is 6.39. The average Bonchev–Trinajstić information content (AvgIpc) is 3.07. The van der Waals surface area contributed by atoms with Gasteiger partial charge in [-0.3, -0.25) is 9.59 Å². The number of amides is 2. The Morgan fingerprint density at radius 2 is 2.04 bits per heavy atom. The van der Waals surface area contributed by atoms with Crippen LogP contribution in [0.15, 0.2) is 42.5 Å². The van der Waals surface area contributed by atoms with Crippen molar-refractivity contribution in [1.82, 2.24) is 10.2 Å². The number of methoxy groups -OCH3 is 1. The van der Waals surface area contributed by atoms with Crippen molar-refractivity contribution in [2.75, 3.05) is 20.3 Å². The van der Waals surface area contributed by atoms with Crippen LogP contribution in [-0.4, -0.2) is 49.2 Å². The quantitative estimate of drug-likeness (QED) is 0.378. The van der Waals surface area contributed by atoms with Crippen LogP contribution in [-0.2, 0) is 25.6 Å². The van der Waals surface area contributed by atoms with Crippen LogP contribution in [0, 0.1) is 0 Å². The zero-order chi connectivity index (χ0) is 20.2. The van der Waals surface area contributed by atoms with Gasteiger partial charge in [0.15, 0.2) is 0 Å². The number of ether oxygens (including phenoxy) is 2. The molecule has 0 bridgehead atoms. The normalized spacial score (nSPS) is 16.4. The Morgan fingerprint density at radius 1 is 1.25 bits per heavy atom. The highest BCUT2D eigenvalue weighted by molar-refractivity contribution is 5.79. The maximum absolute atomic E-state index is 12.1. The van der Waals surface area contributed by atoms with Crippen LogP contribution < -0.4 is 5.32 Å². The van der Waals surface area contributed by atoms with E-state index in [9.17, 15) is 14.4 Å². The lowest BCUT2D eigenvalue weighted by Crippen LogP contribution is -2.38. The molecule has 1 N–H and O–H groups in total. The summed E-state index contributed by atoms with van der Waals surface area (Å²) in [5, 5.41) is 2.71. The van der Waals surface area contributed by atoms with E-state index in [2.05, 4.69) is 10.1 Å². The molecule has 1 aromatic rings. The van der Waals surface area contributed by atoms with Gasteiger partial charge in [-0.25, -0.2) is 4.79 Å². The van der Waals surface area contributed by atoms with E-state index < -0.39 is 6.09 Å². The van der Waals surface area contributed by atoms with Crippen molar-refractivity contribution in [1.29, 1.82) is 0 Å². The van der Waals surface area contributed by atoms with Crippen molar-refractivity contribution in [3.8, 4) is 0 Å². The van der Waals surface area contributed by atoms with Gasteiger partial charge in [0.1, 0.15) is 6.61 Å². The summed E-state index contributed by atoms with van der Waals surface area (Å²) in [6, 6.07) is 9.49. The Balaban J connectivity index is 1.68. The van der Waals surface area contributed by atoms with Gasteiger partial charge >= 0.3 is 12.1 Å². The van der Waals surface area contributed by atoms with Gasteiger partial charge < -0.3 is 19.7 Å². The average molecular weight is 388 g/mol. The fourth-order valence-corrected chi connectivity index (χ4v) is 2.98. The van der Waals surface area contributed by atoms with Crippen LogP contribution in [0.25, 0.3) is 0 Å². The summed E-state index contributed by atoms with van der Waals surface area (Å²) in [6.45, 7) is 1.07. The lowest BCUT2D eigenvalue weighted by molar-refractivity contribution is -0.140. The van der Waals surface area contributed by atoms with Gasteiger partial charge in [-0.05, 0) is 24.8 Å². The molecule has 2 rings (SSSR count). The SMILES string of the molecule is COC(=O)CCCC=CCN1C(=O)CC[C@@H]1COC(=O)NCc1ccccc1. The molecule has 1 aliphatic rings. The predicted octanol–water partition coefficient (Wildman–Crippen LogP) is 2.80. The third kappa shape index (κ3) is 7.42. The molecule has 0 saturated carbocycles. The van der Waals surface area contributed by atoms with Gasteiger partial charge in [-0.2, -0.15) is 0 Å². The highest BCUT2D eigenvalue weighted by Crippen LogP contribution is 2.19. The molecular formula is C21H28N2O5. The summed E-state index contributed by atoms with van der Waals surface area (Å²) in [5.74, 6) is -0.150. The maximum Gasteiger partial charge on any atom is 0.407 e. The molecule has 1 saturated heterocycles. The number of rotatable bonds is 10. The number of hydrogen-bond acceptors (Lipinski definition) is 5. The molecule has 1 aliphatic heterocycles. The first-order chi connectivity index (χ1) is 13.6. The number of unbranched alkanes of at least 4 members (excludes halogenated alkanes) is 1. The first-order valence-corrected chi connectivity index (χ1v) is 9.56. The Labute approximate surface area is 165 Å². The second-order valence-electron chi connectivity index (χ2n) is 6.62. The van der Waals surface area contributed by atoms with Crippen molar-refractivity contribution in [3.63, 3.8) is 0 Å². The summed E-state index contributed by atoms with van der Waals surface area (Å²) in [5.41, 5.74) is 0.995. The van der Waals surface area contributed by atoms with Gasteiger partial charge in [0, 0.05) is 25.9 Å². The largest absolute Gasteiger partial charge is 0.469 e. The number of allylic oxidation sites excluding steroid dienone is 1. The molecule has 1 aromatic carbocycles. The molecule has 0 radical (unpaired) electrons. The van der Waals surface area contributed by atoms with Gasteiger partial charge in [-0.15, -0.1) is 0 Å². The van der Waals surface area contributed by atoms with E-state index in [1.807, 2.05) is 42.5 Å². The van der Waals surface area contributed by atoms with E-state index in [4.69, 9.17) is 4.74 Å². The van der Waals surface area contributed by atoms with E-state index in [1.54, 1.807) is 4.90 Å². The fraction of sp³-hybridized carbons (Fsp3) is 0.476. The molecule has 7 heteroatoms. The van der Waals surface area contributed by atoms with Crippen molar-refractivity contribution >= 4 is 18.0 Å². The molecule has 1 fully saturated rings. The highest BCUT2D eigenvalue weighted by atomic mass is 16.5. The number of nitrogens with one attached hydrogen (secondary N) is 1. The molecular weight excluding hydrogens is 360 g/mol. The van der Waals surface area contributed by atoms with E-state index >= 15 is 0 Å². The minimum absolute atomic E-state index is 0.0671. The predicted molar refractivity (Wildman–Crippen MR) is 104 cm³/mol. The zero-order valence-corrected chi connectivity index (χ0v) is 16.3. The molecule has 1 heterocycles. The Hall–Kier alpha value is -2.83. The van der Waals surface area contributed by atoms with Gasteiger partial charge in [-0.1, -0.05) is 42.5 Å². The Kier molecular flexibility index (Phi) is 9.04. The molecule has 152 valence electrons. The topological polar surface area (TPSA) is 84.9 Å². The van der Waals surface area contributed by atoms with Gasteiger partial charge in [0.25, 0.3) is 0 Å². The lowest BCUT2D eigenvalue weighted by atomic mass is 10.2. The van der Waals surface area contributed by atoms with Crippen LogP contribution in [0.2, 0.25) is 0 Å². The number of hydrogen-bond donors (Lipinski definition) is 1. The summed E-state index contributed by atoms with van der Waals surface area (Å²) in [4.78, 5) is 36.7. The van der Waals surface area contributed by atoms with Crippen molar-refractivity contribution in [2.45, 2.75) is 44.7 Å². The Morgan fingerprint density at radius 3 is 2.79 bits per heavy atom. The number of esters is 1. The number of benzene rings is 1. The van der Waals surface area contributed by atoms with E-state index in [1.165, 1.54) is 7.11 Å². The maximum atomic E-state index is 12.1. The van der Waals surface area contributed by atoms with Crippen LogP contribution in [0.4, 0.5) is 4.79 Å². The van der Waals surface area contributed by atoms with E-state index in [-0.39, 0.29) is 24.5 Å². The molecule has 0 spiro atoms. The van der Waals surface area contributed by atoms with Gasteiger partial charge in [0.2, 0.25) is 5.91 Å². The van der Waals surface area contributed by atoms with Crippen LogP contribution >= 0.6 is 0 Å². The Bertz CT molecular complexity index is 675. The molecule has 0 aliphatic carbocycles. The number of carbonyl (C=O) groups excluding carboxylic acids is 3. The number of alkyl carbamates (subject to hydrolysis) is 1. The number of carbonyl (C=O) groups is 3. The molecule has 2 amide bonds. The second-order valence-corrected chi connectivity index (χ2v) is 6.62. The molecule has 7 nitrogen and oxygen atoms in total. The summed E-state index contributed by atoms with van der Waals surface area (Å²) < 4.78 is 9.88. The minimum Gasteiger partial charge on any atom is -0.469 e. The first kappa shape index (κ1) is 21.5. The van der Waals surface area contributed by atoms with Crippen LogP contribution in [0.5, 0.6) is 0 Å². The second kappa shape index (κ2) is 11.8. The minimum atomic E-state index is -0.485. The highest BCUT2D eigenvalue weighted by Gasteiger charge is 2.30. The van der Waals surface area contributed by atoms with Crippen molar-refractivity contribution < 1.29 is 23.9 Å². The fourth-order valence-electron chi connectivity index (χ4n) is 2.98. The number of nitrogens with zero attached hydrogens (tertiary/aromatic N) is 1. The molecule has 28 heavy (non-hydrogen) atoms. The first-order valence-electron chi connectivity index (χ1n) is 9.56. The smallest absolute Gasteiger partial charge is 0.407 e. The van der Waals surface area contributed by atoms with E-state index in [0.717, 1.165) is 12.0 Å². The number of likely N-dealkylation sites (tertiary alicyclic amines) is 1. The molecule has 0 aromatic heterocycles. The van der Waals surface area contributed by atoms with Gasteiger partial charge in [0.05, 0.1) is 13.2 Å². The summed E-state index contributed by atoms with van der Waals surface area (Å²) >= 11 is 0. The third-order valence-corrected chi connectivity index (χ3v) is 4.59. The van der Waals surface area contributed by atoms with Crippen molar-refractivity contribution in [2.24, 2.45) is 0 Å².